The molecule has 0 aromatic heterocycles. The van der Waals surface area contributed by atoms with E-state index in [1.165, 1.54) is 0 Å². The normalized spacial score (nSPS) is 15.1. The van der Waals surface area contributed by atoms with Crippen LogP contribution in [0, 0.1) is 11.3 Å². The second-order valence-corrected chi connectivity index (χ2v) is 4.02. The fourth-order valence-electron chi connectivity index (χ4n) is 0.846. The molecule has 0 heterocycles. The van der Waals surface area contributed by atoms with E-state index >= 15 is 0 Å². The molecule has 0 bridgehead atoms. The Labute approximate surface area is 70.1 Å². The molecule has 0 saturated carbocycles. The van der Waals surface area contributed by atoms with Gasteiger partial charge < -0.3 is 5.11 Å². The fraction of sp³-hybridized carbons (Fsp3) is 0.800. The average molecular weight is 156 g/mol. The van der Waals surface area contributed by atoms with E-state index in [9.17, 15) is 5.11 Å². The van der Waals surface area contributed by atoms with Crippen LogP contribution >= 0.6 is 0 Å². The van der Waals surface area contributed by atoms with Crippen LogP contribution in [0.25, 0.3) is 0 Å². The van der Waals surface area contributed by atoms with E-state index < -0.39 is 0 Å². The van der Waals surface area contributed by atoms with E-state index in [-0.39, 0.29) is 11.5 Å². The van der Waals surface area contributed by atoms with Crippen molar-refractivity contribution >= 4 is 0 Å². The van der Waals surface area contributed by atoms with Crippen LogP contribution in [-0.4, -0.2) is 11.2 Å². The van der Waals surface area contributed by atoms with Crippen LogP contribution in [0.5, 0.6) is 0 Å². The van der Waals surface area contributed by atoms with Crippen LogP contribution in [-0.2, 0) is 0 Å². The summed E-state index contributed by atoms with van der Waals surface area (Å²) in [5, 5.41) is 9.68. The zero-order chi connectivity index (χ0) is 9.07. The van der Waals surface area contributed by atoms with Crippen molar-refractivity contribution in [3.05, 3.63) is 12.7 Å². The highest BCUT2D eigenvalue weighted by molar-refractivity contribution is 4.85. The van der Waals surface area contributed by atoms with Crippen molar-refractivity contribution in [2.75, 3.05) is 0 Å². The van der Waals surface area contributed by atoms with E-state index in [4.69, 9.17) is 0 Å². The molecule has 11 heavy (non-hydrogen) atoms. The van der Waals surface area contributed by atoms with Crippen molar-refractivity contribution in [1.29, 1.82) is 0 Å². The van der Waals surface area contributed by atoms with Crippen LogP contribution in [0.3, 0.4) is 0 Å². The Balaban J connectivity index is 4.16. The molecule has 0 aromatic carbocycles. The van der Waals surface area contributed by atoms with Gasteiger partial charge in [-0.25, -0.2) is 0 Å². The minimum Gasteiger partial charge on any atom is -0.392 e. The van der Waals surface area contributed by atoms with Crippen LogP contribution in [0.15, 0.2) is 12.7 Å². The van der Waals surface area contributed by atoms with Gasteiger partial charge in [-0.05, 0) is 17.8 Å². The van der Waals surface area contributed by atoms with E-state index in [0.717, 1.165) is 0 Å². The predicted octanol–water partition coefficient (Wildman–Crippen LogP) is 2.61. The summed E-state index contributed by atoms with van der Waals surface area (Å²) in [6, 6.07) is 0. The second-order valence-electron chi connectivity index (χ2n) is 4.02. The molecule has 0 aliphatic rings. The molecule has 0 fully saturated rings. The lowest BCUT2D eigenvalue weighted by Crippen LogP contribution is -2.33. The van der Waals surface area contributed by atoms with Gasteiger partial charge >= 0.3 is 0 Å². The zero-order valence-electron chi connectivity index (χ0n) is 8.09. The maximum Gasteiger partial charge on any atom is 0.0627 e. The predicted molar refractivity (Wildman–Crippen MR) is 49.4 cm³/mol. The Kier molecular flexibility index (Phi) is 3.81. The molecule has 0 rings (SSSR count). The molecule has 0 unspecified atom stereocenters. The summed E-state index contributed by atoms with van der Waals surface area (Å²) in [6.07, 6.45) is 2.19. The molecule has 1 N–H and O–H groups in total. The molecular weight excluding hydrogens is 136 g/mol. The summed E-state index contributed by atoms with van der Waals surface area (Å²) in [4.78, 5) is 0. The van der Waals surface area contributed by atoms with Crippen molar-refractivity contribution in [1.82, 2.24) is 0 Å². The first-order valence-electron chi connectivity index (χ1n) is 4.21. The van der Waals surface area contributed by atoms with Crippen molar-refractivity contribution in [3.63, 3.8) is 0 Å². The highest BCUT2D eigenvalue weighted by atomic mass is 16.3. The molecule has 66 valence electrons. The second kappa shape index (κ2) is 3.91. The molecule has 0 aromatic rings. The molecule has 1 heteroatoms. The highest BCUT2D eigenvalue weighted by Gasteiger charge is 2.29. The lowest BCUT2D eigenvalue weighted by Gasteiger charge is -2.34. The summed E-state index contributed by atoms with van der Waals surface area (Å²) in [5.41, 5.74) is -0.00576. The van der Waals surface area contributed by atoms with E-state index in [1.54, 1.807) is 6.08 Å². The Bertz CT molecular complexity index is 125. The number of rotatable bonds is 4. The smallest absolute Gasteiger partial charge is 0.0627 e. The zero-order valence-corrected chi connectivity index (χ0v) is 8.09. The van der Waals surface area contributed by atoms with Gasteiger partial charge in [-0.15, -0.1) is 6.58 Å². The minimum atomic E-state index is -0.264. The molecule has 0 saturated heterocycles. The van der Waals surface area contributed by atoms with Gasteiger partial charge in [-0.3, -0.25) is 0 Å². The van der Waals surface area contributed by atoms with Crippen molar-refractivity contribution in [2.45, 2.75) is 40.2 Å². The van der Waals surface area contributed by atoms with Gasteiger partial charge in [0.2, 0.25) is 0 Å². The Hall–Kier alpha value is -0.300. The minimum absolute atomic E-state index is 0.00576. The van der Waals surface area contributed by atoms with Gasteiger partial charge in [0.05, 0.1) is 6.10 Å². The van der Waals surface area contributed by atoms with Crippen LogP contribution < -0.4 is 0 Å². The maximum absolute atomic E-state index is 9.68. The topological polar surface area (TPSA) is 20.2 Å². The molecule has 1 atom stereocenters. The Morgan fingerprint density at radius 1 is 1.45 bits per heavy atom. The molecule has 0 aliphatic carbocycles. The van der Waals surface area contributed by atoms with Gasteiger partial charge in [0.1, 0.15) is 0 Å². The third-order valence-corrected chi connectivity index (χ3v) is 2.74. The third kappa shape index (κ3) is 2.66. The molecule has 0 spiro atoms. The number of aliphatic hydroxyl groups excluding tert-OH is 1. The van der Waals surface area contributed by atoms with Gasteiger partial charge in [0.15, 0.2) is 0 Å². The van der Waals surface area contributed by atoms with Crippen LogP contribution in [0.1, 0.15) is 34.1 Å². The van der Waals surface area contributed by atoms with Crippen LogP contribution in [0.2, 0.25) is 0 Å². The van der Waals surface area contributed by atoms with Crippen LogP contribution in [0.4, 0.5) is 0 Å². The fourth-order valence-corrected chi connectivity index (χ4v) is 0.846. The summed E-state index contributed by atoms with van der Waals surface area (Å²) in [5.74, 6) is 0.498. The SMILES string of the molecule is C=CC[C@@H](O)C(C)(C)C(C)C. The number of hydrogen-bond acceptors (Lipinski definition) is 1. The number of aliphatic hydroxyl groups is 1. The van der Waals surface area contributed by atoms with E-state index in [1.807, 2.05) is 0 Å². The van der Waals surface area contributed by atoms with Crippen molar-refractivity contribution in [3.8, 4) is 0 Å². The third-order valence-electron chi connectivity index (χ3n) is 2.74. The standard InChI is InChI=1S/C10H20O/c1-6-7-9(11)10(4,5)8(2)3/h6,8-9,11H,1,7H2,2-5H3/t9-/m1/s1. The molecule has 1 nitrogen and oxygen atoms in total. The maximum atomic E-state index is 9.68. The van der Waals surface area contributed by atoms with E-state index in [0.29, 0.717) is 12.3 Å². The first-order valence-corrected chi connectivity index (χ1v) is 4.21. The first kappa shape index (κ1) is 10.7. The number of hydrogen-bond donors (Lipinski definition) is 1. The van der Waals surface area contributed by atoms with Gasteiger partial charge in [-0.2, -0.15) is 0 Å². The lowest BCUT2D eigenvalue weighted by atomic mass is 9.75. The molecule has 0 radical (unpaired) electrons. The summed E-state index contributed by atoms with van der Waals surface area (Å²) in [7, 11) is 0. The molecular formula is C10H20O. The quantitative estimate of drug-likeness (QED) is 0.620. The molecule has 0 amide bonds. The van der Waals surface area contributed by atoms with Crippen molar-refractivity contribution in [2.24, 2.45) is 11.3 Å². The summed E-state index contributed by atoms with van der Waals surface area (Å²) < 4.78 is 0. The highest BCUT2D eigenvalue weighted by Crippen LogP contribution is 2.31. The molecule has 0 aliphatic heterocycles. The monoisotopic (exact) mass is 156 g/mol. The largest absolute Gasteiger partial charge is 0.392 e. The van der Waals surface area contributed by atoms with Crippen molar-refractivity contribution < 1.29 is 5.11 Å². The van der Waals surface area contributed by atoms with E-state index in [2.05, 4.69) is 34.3 Å². The Morgan fingerprint density at radius 3 is 2.18 bits per heavy atom. The average Bonchev–Trinajstić information content (AvgIpc) is 1.88. The Morgan fingerprint density at radius 2 is 1.91 bits per heavy atom. The first-order chi connectivity index (χ1) is 4.92. The summed E-state index contributed by atoms with van der Waals surface area (Å²) in [6.45, 7) is 12.1. The summed E-state index contributed by atoms with van der Waals surface area (Å²) >= 11 is 0. The van der Waals surface area contributed by atoms with Gasteiger partial charge in [0.25, 0.3) is 0 Å². The van der Waals surface area contributed by atoms with Gasteiger partial charge in [0, 0.05) is 0 Å². The lowest BCUT2D eigenvalue weighted by molar-refractivity contribution is 0.0198. The van der Waals surface area contributed by atoms with Gasteiger partial charge in [-0.1, -0.05) is 33.8 Å².